The van der Waals surface area contributed by atoms with Gasteiger partial charge in [-0.3, -0.25) is 23.8 Å². The molecule has 11 heteroatoms. The van der Waals surface area contributed by atoms with Gasteiger partial charge in [-0.25, -0.2) is 0 Å². The molecule has 0 aromatic heterocycles. The van der Waals surface area contributed by atoms with Crippen LogP contribution < -0.4 is 63.9 Å². The van der Waals surface area contributed by atoms with E-state index in [-0.39, 0.29) is 87.1 Å². The monoisotopic (exact) mass is 437 g/mol. The number of nitrogens with zero attached hydrogens (tertiary/aromatic N) is 1. The van der Waals surface area contributed by atoms with Crippen molar-refractivity contribution in [3.63, 3.8) is 0 Å². The van der Waals surface area contributed by atoms with Crippen molar-refractivity contribution in [1.29, 1.82) is 0 Å². The number of fused-ring (bicyclic) bond motifs is 1. The van der Waals surface area contributed by atoms with Gasteiger partial charge in [-0.2, -0.15) is 8.42 Å². The van der Waals surface area contributed by atoms with E-state index in [9.17, 15) is 22.8 Å². The molecule has 0 atom stereocenters. The van der Waals surface area contributed by atoms with Crippen LogP contribution in [0.4, 0.5) is 0 Å². The largest absolute Gasteiger partial charge is 1.00 e. The van der Waals surface area contributed by atoms with Crippen LogP contribution in [0.25, 0.3) is 0 Å². The van der Waals surface area contributed by atoms with E-state index in [1.165, 1.54) is 18.2 Å². The van der Waals surface area contributed by atoms with Gasteiger partial charge in [0.2, 0.25) is 0 Å². The number of hydrogen-bond donors (Lipinski definition) is 1. The number of amides is 2. The summed E-state index contributed by atoms with van der Waals surface area (Å²) in [5.41, 5.74) is 0.652. The fourth-order valence-corrected chi connectivity index (χ4v) is 3.36. The molecular weight excluding hydrogens is 420 g/mol. The minimum Gasteiger partial charge on any atom is -1.00 e. The average molecular weight is 437 g/mol. The molecule has 0 unspecified atom stereocenters. The van der Waals surface area contributed by atoms with Gasteiger partial charge in [0.15, 0.2) is 5.75 Å². The second-order valence-corrected chi connectivity index (χ2v) is 7.20. The van der Waals surface area contributed by atoms with Crippen LogP contribution in [0.3, 0.4) is 0 Å². The first-order chi connectivity index (χ1) is 12.8. The Hall–Kier alpha value is -1.04. The third-order valence-electron chi connectivity index (χ3n) is 3.99. The standard InChI is InChI=1S/C18H15NO7S.2Na.2H/c20-16(26-14-8-3-4-9-15(14)27(23,24)25)10-5-11-19-17(21)12-6-1-2-7-13(12)18(19)22;;;;/h1-4,6-9H,5,10-11H2,(H,23,24,25);;;;/q;2*+1;2*-1. The van der Waals surface area contributed by atoms with Crippen LogP contribution >= 0.6 is 0 Å². The normalized spacial score (nSPS) is 12.7. The second-order valence-electron chi connectivity index (χ2n) is 5.81. The molecule has 3 rings (SSSR count). The van der Waals surface area contributed by atoms with Crippen molar-refractivity contribution in [3.05, 3.63) is 59.7 Å². The van der Waals surface area contributed by atoms with E-state index in [2.05, 4.69) is 0 Å². The molecule has 0 aliphatic carbocycles. The predicted molar refractivity (Wildman–Crippen MR) is 95.2 cm³/mol. The minimum absolute atomic E-state index is 0. The molecule has 1 N–H and O–H groups in total. The zero-order chi connectivity index (χ0) is 19.6. The van der Waals surface area contributed by atoms with Crippen molar-refractivity contribution in [2.45, 2.75) is 17.7 Å². The summed E-state index contributed by atoms with van der Waals surface area (Å²) in [5.74, 6) is -1.87. The smallest absolute Gasteiger partial charge is 1.00 e. The molecule has 0 saturated carbocycles. The molecule has 2 aromatic rings. The summed E-state index contributed by atoms with van der Waals surface area (Å²) in [5, 5.41) is 0. The van der Waals surface area contributed by atoms with Crippen LogP contribution in [0, 0.1) is 0 Å². The van der Waals surface area contributed by atoms with Crippen molar-refractivity contribution in [2.24, 2.45) is 0 Å². The van der Waals surface area contributed by atoms with Gasteiger partial charge < -0.3 is 7.59 Å². The van der Waals surface area contributed by atoms with E-state index >= 15 is 0 Å². The quantitative estimate of drug-likeness (QED) is 0.162. The van der Waals surface area contributed by atoms with Gasteiger partial charge in [-0.15, -0.1) is 0 Å². The first-order valence-corrected chi connectivity index (χ1v) is 9.45. The molecule has 2 amide bonds. The van der Waals surface area contributed by atoms with Crippen molar-refractivity contribution in [3.8, 4) is 5.75 Å². The molecule has 1 aliphatic heterocycles. The summed E-state index contributed by atoms with van der Waals surface area (Å²) in [7, 11) is -4.53. The van der Waals surface area contributed by atoms with E-state index in [1.807, 2.05) is 0 Å². The number of rotatable bonds is 6. The molecule has 1 aliphatic rings. The second kappa shape index (κ2) is 10.8. The number of carbonyl (C=O) groups is 3. The maximum absolute atomic E-state index is 12.2. The van der Waals surface area contributed by atoms with Gasteiger partial charge in [0.05, 0.1) is 11.1 Å². The van der Waals surface area contributed by atoms with Crippen LogP contribution in [-0.4, -0.2) is 42.2 Å². The number of para-hydroxylation sites is 1. The van der Waals surface area contributed by atoms with Crippen LogP contribution in [0.2, 0.25) is 0 Å². The third-order valence-corrected chi connectivity index (χ3v) is 4.88. The number of ether oxygens (including phenoxy) is 1. The predicted octanol–water partition coefficient (Wildman–Crippen LogP) is -3.85. The Kier molecular flexibility index (Phi) is 9.71. The van der Waals surface area contributed by atoms with E-state index in [0.29, 0.717) is 11.1 Å². The first kappa shape index (κ1) is 26.0. The van der Waals surface area contributed by atoms with Crippen molar-refractivity contribution in [1.82, 2.24) is 4.90 Å². The van der Waals surface area contributed by atoms with Gasteiger partial charge in [0.25, 0.3) is 21.9 Å². The average Bonchev–Trinajstić information content (AvgIpc) is 2.86. The SMILES string of the molecule is O=C(CCCN1C(=O)c2ccccc2C1=O)Oc1ccccc1S(=O)(=O)O.[H-].[H-].[Na+].[Na+]. The van der Waals surface area contributed by atoms with Crippen molar-refractivity contribution < 1.29 is 94.1 Å². The van der Waals surface area contributed by atoms with E-state index in [4.69, 9.17) is 9.29 Å². The van der Waals surface area contributed by atoms with E-state index < -0.39 is 32.8 Å². The molecular formula is C18H17NNa2O7S. The van der Waals surface area contributed by atoms with Gasteiger partial charge in [-0.05, 0) is 30.7 Å². The van der Waals surface area contributed by atoms with Crippen LogP contribution in [0.1, 0.15) is 36.4 Å². The zero-order valence-corrected chi connectivity index (χ0v) is 20.8. The Bertz CT molecular complexity index is 1020. The molecule has 0 fully saturated rings. The summed E-state index contributed by atoms with van der Waals surface area (Å²) in [6.07, 6.45) is 0.00552. The summed E-state index contributed by atoms with van der Waals surface area (Å²) in [6.45, 7) is 0.0292. The number of benzene rings is 2. The van der Waals surface area contributed by atoms with Crippen LogP contribution in [0.5, 0.6) is 5.75 Å². The van der Waals surface area contributed by atoms with Gasteiger partial charge in [0.1, 0.15) is 4.90 Å². The molecule has 0 spiro atoms. The third kappa shape index (κ3) is 5.99. The maximum atomic E-state index is 12.2. The van der Waals surface area contributed by atoms with E-state index in [0.717, 1.165) is 11.0 Å². The summed E-state index contributed by atoms with van der Waals surface area (Å²) >= 11 is 0. The molecule has 0 bridgehead atoms. The zero-order valence-electron chi connectivity index (χ0n) is 18.0. The molecule has 1 heterocycles. The van der Waals surface area contributed by atoms with Gasteiger partial charge in [0, 0.05) is 13.0 Å². The Labute approximate surface area is 214 Å². The summed E-state index contributed by atoms with van der Waals surface area (Å²) in [4.78, 5) is 37.0. The number of hydrogen-bond acceptors (Lipinski definition) is 6. The Morgan fingerprint density at radius 1 is 0.966 bits per heavy atom. The molecule has 144 valence electrons. The number of imide groups is 1. The summed E-state index contributed by atoms with van der Waals surface area (Å²) in [6, 6.07) is 11.6. The first-order valence-electron chi connectivity index (χ1n) is 8.01. The molecule has 29 heavy (non-hydrogen) atoms. The van der Waals surface area contributed by atoms with Gasteiger partial charge >= 0.3 is 65.1 Å². The van der Waals surface area contributed by atoms with E-state index in [1.54, 1.807) is 24.3 Å². The fraction of sp³-hybridized carbons (Fsp3) is 0.167. The molecule has 0 radical (unpaired) electrons. The Morgan fingerprint density at radius 3 is 2.03 bits per heavy atom. The molecule has 8 nitrogen and oxygen atoms in total. The Balaban J connectivity index is 0. The molecule has 2 aromatic carbocycles. The van der Waals surface area contributed by atoms with Crippen molar-refractivity contribution >= 4 is 27.9 Å². The Morgan fingerprint density at radius 2 is 1.48 bits per heavy atom. The summed E-state index contributed by atoms with van der Waals surface area (Å²) < 4.78 is 36.7. The molecule has 0 saturated heterocycles. The van der Waals surface area contributed by atoms with Crippen molar-refractivity contribution in [2.75, 3.05) is 6.54 Å². The topological polar surface area (TPSA) is 118 Å². The van der Waals surface area contributed by atoms with Gasteiger partial charge in [-0.1, -0.05) is 24.3 Å². The fourth-order valence-electron chi connectivity index (χ4n) is 2.74. The maximum Gasteiger partial charge on any atom is 1.00 e. The van der Waals surface area contributed by atoms with Crippen LogP contribution in [-0.2, 0) is 14.9 Å². The number of esters is 1. The van der Waals surface area contributed by atoms with Crippen LogP contribution in [0.15, 0.2) is 53.4 Å². The minimum atomic E-state index is -4.53. The number of carbonyl (C=O) groups excluding carboxylic acids is 3.